The van der Waals surface area contributed by atoms with Gasteiger partial charge in [-0.15, -0.1) is 11.8 Å². The van der Waals surface area contributed by atoms with E-state index in [0.29, 0.717) is 12.4 Å². The van der Waals surface area contributed by atoms with Gasteiger partial charge >= 0.3 is 5.97 Å². The van der Waals surface area contributed by atoms with Crippen molar-refractivity contribution in [2.45, 2.75) is 37.6 Å². The molecule has 0 saturated heterocycles. The van der Waals surface area contributed by atoms with Crippen molar-refractivity contribution >= 4 is 17.7 Å². The Morgan fingerprint density at radius 2 is 1.95 bits per heavy atom. The summed E-state index contributed by atoms with van der Waals surface area (Å²) in [5.74, 6) is 1.26. The molecule has 0 bridgehead atoms. The van der Waals surface area contributed by atoms with E-state index in [1.54, 1.807) is 18.9 Å². The van der Waals surface area contributed by atoms with E-state index in [2.05, 4.69) is 12.2 Å². The summed E-state index contributed by atoms with van der Waals surface area (Å²) in [4.78, 5) is 13.3. The van der Waals surface area contributed by atoms with Crippen LogP contribution in [0, 0.1) is 0 Å². The van der Waals surface area contributed by atoms with Gasteiger partial charge in [0, 0.05) is 10.6 Å². The molecule has 0 aliphatic rings. The van der Waals surface area contributed by atoms with Gasteiger partial charge in [0.1, 0.15) is 11.3 Å². The number of carbonyl (C=O) groups excluding carboxylic acids is 1. The van der Waals surface area contributed by atoms with Crippen molar-refractivity contribution in [3.8, 4) is 5.75 Å². The Balaban J connectivity index is 2.68. The summed E-state index contributed by atoms with van der Waals surface area (Å²) < 4.78 is 10.3. The highest BCUT2D eigenvalue weighted by atomic mass is 32.2. The van der Waals surface area contributed by atoms with Crippen LogP contribution in [0.2, 0.25) is 0 Å². The molecule has 1 aromatic rings. The lowest BCUT2D eigenvalue weighted by Gasteiger charge is -2.28. The van der Waals surface area contributed by atoms with Crippen molar-refractivity contribution < 1.29 is 14.3 Å². The molecular formula is C16H25NO3S. The van der Waals surface area contributed by atoms with Gasteiger partial charge in [0.2, 0.25) is 0 Å². The minimum atomic E-state index is -0.670. The van der Waals surface area contributed by atoms with Crippen LogP contribution in [0.25, 0.3) is 0 Å². The molecule has 1 aromatic carbocycles. The number of hydrogen-bond donors (Lipinski definition) is 1. The van der Waals surface area contributed by atoms with Gasteiger partial charge in [-0.25, -0.2) is 0 Å². The number of esters is 1. The standard InChI is InChI=1S/C16H25NO3S/c1-5-11-17-16(3,15(18)20-6-2)12-21-14-9-7-13(19-4)8-10-14/h7-10,17H,5-6,11-12H2,1-4H3. The van der Waals surface area contributed by atoms with Crippen LogP contribution in [-0.2, 0) is 9.53 Å². The highest BCUT2D eigenvalue weighted by molar-refractivity contribution is 7.99. The summed E-state index contributed by atoms with van der Waals surface area (Å²) in [5.41, 5.74) is -0.670. The van der Waals surface area contributed by atoms with Crippen LogP contribution >= 0.6 is 11.8 Å². The number of methoxy groups -OCH3 is 1. The van der Waals surface area contributed by atoms with Crippen molar-refractivity contribution in [1.29, 1.82) is 0 Å². The molecule has 0 aliphatic carbocycles. The third-order valence-electron chi connectivity index (χ3n) is 3.08. The lowest BCUT2D eigenvalue weighted by atomic mass is 10.1. The van der Waals surface area contributed by atoms with Gasteiger partial charge in [-0.1, -0.05) is 6.92 Å². The first-order valence-corrected chi connectivity index (χ1v) is 8.23. The van der Waals surface area contributed by atoms with Crippen LogP contribution < -0.4 is 10.1 Å². The molecule has 118 valence electrons. The Bertz CT molecular complexity index is 436. The lowest BCUT2D eigenvalue weighted by Crippen LogP contribution is -2.52. The Morgan fingerprint density at radius 1 is 1.29 bits per heavy atom. The van der Waals surface area contributed by atoms with E-state index in [-0.39, 0.29) is 5.97 Å². The Morgan fingerprint density at radius 3 is 2.48 bits per heavy atom. The average molecular weight is 311 g/mol. The zero-order valence-electron chi connectivity index (χ0n) is 13.3. The average Bonchev–Trinajstić information content (AvgIpc) is 2.51. The van der Waals surface area contributed by atoms with Crippen LogP contribution in [0.5, 0.6) is 5.75 Å². The maximum atomic E-state index is 12.2. The van der Waals surface area contributed by atoms with Gasteiger partial charge in [0.25, 0.3) is 0 Å². The smallest absolute Gasteiger partial charge is 0.326 e. The van der Waals surface area contributed by atoms with E-state index in [0.717, 1.165) is 23.6 Å². The minimum Gasteiger partial charge on any atom is -0.497 e. The van der Waals surface area contributed by atoms with Crippen LogP contribution in [0.4, 0.5) is 0 Å². The SMILES string of the molecule is CCCNC(C)(CSc1ccc(OC)cc1)C(=O)OCC. The predicted molar refractivity (Wildman–Crippen MR) is 87.0 cm³/mol. The van der Waals surface area contributed by atoms with E-state index in [1.807, 2.05) is 38.1 Å². The van der Waals surface area contributed by atoms with Gasteiger partial charge < -0.3 is 14.8 Å². The summed E-state index contributed by atoms with van der Waals surface area (Å²) in [7, 11) is 1.65. The van der Waals surface area contributed by atoms with Crippen molar-refractivity contribution in [3.05, 3.63) is 24.3 Å². The third kappa shape index (κ3) is 5.59. The van der Waals surface area contributed by atoms with Gasteiger partial charge in [0.05, 0.1) is 13.7 Å². The summed E-state index contributed by atoms with van der Waals surface area (Å²) in [6.07, 6.45) is 0.974. The Kier molecular flexibility index (Phi) is 7.61. The summed E-state index contributed by atoms with van der Waals surface area (Å²) in [5, 5.41) is 3.30. The van der Waals surface area contributed by atoms with Crippen LogP contribution in [0.1, 0.15) is 27.2 Å². The molecule has 0 heterocycles. The lowest BCUT2D eigenvalue weighted by molar-refractivity contribution is -0.149. The van der Waals surface area contributed by atoms with Crippen molar-refractivity contribution in [2.24, 2.45) is 0 Å². The molecule has 0 saturated carbocycles. The number of rotatable bonds is 9. The zero-order chi connectivity index (χ0) is 15.7. The second kappa shape index (κ2) is 8.95. The molecule has 0 fully saturated rings. The molecule has 1 unspecified atom stereocenters. The molecule has 21 heavy (non-hydrogen) atoms. The van der Waals surface area contributed by atoms with Gasteiger partial charge in [-0.3, -0.25) is 4.79 Å². The van der Waals surface area contributed by atoms with E-state index < -0.39 is 5.54 Å². The molecule has 1 N–H and O–H groups in total. The first kappa shape index (κ1) is 17.9. The minimum absolute atomic E-state index is 0.195. The largest absolute Gasteiger partial charge is 0.497 e. The van der Waals surface area contributed by atoms with Crippen molar-refractivity contribution in [2.75, 3.05) is 26.0 Å². The maximum absolute atomic E-state index is 12.2. The Hall–Kier alpha value is -1.20. The first-order valence-electron chi connectivity index (χ1n) is 7.24. The summed E-state index contributed by atoms with van der Waals surface area (Å²) >= 11 is 1.63. The number of nitrogens with one attached hydrogen (secondary N) is 1. The fraction of sp³-hybridized carbons (Fsp3) is 0.562. The number of benzene rings is 1. The normalized spacial score (nSPS) is 13.5. The highest BCUT2D eigenvalue weighted by Crippen LogP contribution is 2.25. The number of carbonyl (C=O) groups is 1. The summed E-state index contributed by atoms with van der Waals surface area (Å²) in [6.45, 7) is 7.00. The Labute approximate surface area is 131 Å². The predicted octanol–water partition coefficient (Wildman–Crippen LogP) is 3.11. The van der Waals surface area contributed by atoms with Crippen LogP contribution in [-0.4, -0.2) is 37.5 Å². The van der Waals surface area contributed by atoms with E-state index in [9.17, 15) is 4.79 Å². The third-order valence-corrected chi connectivity index (χ3v) is 4.41. The maximum Gasteiger partial charge on any atom is 0.326 e. The molecule has 0 aromatic heterocycles. The molecule has 0 radical (unpaired) electrons. The molecule has 0 spiro atoms. The monoisotopic (exact) mass is 311 g/mol. The topological polar surface area (TPSA) is 47.6 Å². The molecule has 4 nitrogen and oxygen atoms in total. The number of hydrogen-bond acceptors (Lipinski definition) is 5. The fourth-order valence-corrected chi connectivity index (χ4v) is 2.78. The van der Waals surface area contributed by atoms with E-state index in [4.69, 9.17) is 9.47 Å². The number of ether oxygens (including phenoxy) is 2. The van der Waals surface area contributed by atoms with Gasteiger partial charge in [-0.2, -0.15) is 0 Å². The second-order valence-corrected chi connectivity index (χ2v) is 5.99. The molecule has 0 aliphatic heterocycles. The summed E-state index contributed by atoms with van der Waals surface area (Å²) in [6, 6.07) is 7.83. The zero-order valence-corrected chi connectivity index (χ0v) is 14.1. The molecule has 5 heteroatoms. The second-order valence-electron chi connectivity index (χ2n) is 4.94. The highest BCUT2D eigenvalue weighted by Gasteiger charge is 2.34. The fourth-order valence-electron chi connectivity index (χ4n) is 1.77. The van der Waals surface area contributed by atoms with E-state index in [1.165, 1.54) is 0 Å². The molecule has 0 amide bonds. The molecule has 1 rings (SSSR count). The van der Waals surface area contributed by atoms with Gasteiger partial charge in [0.15, 0.2) is 0 Å². The molecule has 1 atom stereocenters. The first-order chi connectivity index (χ1) is 10.1. The van der Waals surface area contributed by atoms with Crippen LogP contribution in [0.3, 0.4) is 0 Å². The van der Waals surface area contributed by atoms with Gasteiger partial charge in [-0.05, 0) is 51.1 Å². The van der Waals surface area contributed by atoms with Crippen molar-refractivity contribution in [1.82, 2.24) is 5.32 Å². The number of thioether (sulfide) groups is 1. The van der Waals surface area contributed by atoms with Crippen molar-refractivity contribution in [3.63, 3.8) is 0 Å². The van der Waals surface area contributed by atoms with Crippen LogP contribution in [0.15, 0.2) is 29.2 Å². The van der Waals surface area contributed by atoms with E-state index >= 15 is 0 Å². The molecular weight excluding hydrogens is 286 g/mol. The quantitative estimate of drug-likeness (QED) is 0.561.